The molecule has 0 aliphatic rings. The molecular formula is C16H22N2O5. The molecule has 23 heavy (non-hydrogen) atoms. The molecule has 0 fully saturated rings. The highest BCUT2D eigenvalue weighted by Crippen LogP contribution is 2.27. The van der Waals surface area contributed by atoms with E-state index in [1.54, 1.807) is 12.1 Å². The molecule has 7 heteroatoms. The van der Waals surface area contributed by atoms with Crippen molar-refractivity contribution >= 4 is 23.4 Å². The van der Waals surface area contributed by atoms with Gasteiger partial charge in [0, 0.05) is 18.7 Å². The number of methoxy groups -OCH3 is 1. The van der Waals surface area contributed by atoms with E-state index < -0.39 is 17.0 Å². The van der Waals surface area contributed by atoms with E-state index in [-0.39, 0.29) is 17.6 Å². The van der Waals surface area contributed by atoms with Gasteiger partial charge in [-0.1, -0.05) is 26.8 Å². The minimum Gasteiger partial charge on any atom is -0.466 e. The zero-order valence-corrected chi connectivity index (χ0v) is 13.7. The van der Waals surface area contributed by atoms with Gasteiger partial charge in [-0.15, -0.1) is 0 Å². The quantitative estimate of drug-likeness (QED) is 0.361. The lowest BCUT2D eigenvalue weighted by molar-refractivity contribution is -0.384. The second-order valence-corrected chi connectivity index (χ2v) is 6.15. The molecule has 0 saturated heterocycles. The number of nitro benzene ring substituents is 1. The molecule has 1 atom stereocenters. The highest BCUT2D eigenvalue weighted by Gasteiger charge is 2.23. The SMILES string of the molecule is COC(=O)/C=C/c1ccc(NCC(O)C(C)(C)C)c([N+](=O)[O-])c1. The molecule has 2 N–H and O–H groups in total. The average molecular weight is 322 g/mol. The molecule has 0 aliphatic heterocycles. The van der Waals surface area contributed by atoms with Gasteiger partial charge in [0.15, 0.2) is 0 Å². The van der Waals surface area contributed by atoms with E-state index in [1.807, 2.05) is 20.8 Å². The van der Waals surface area contributed by atoms with Crippen LogP contribution in [0.5, 0.6) is 0 Å². The Balaban J connectivity index is 2.95. The lowest BCUT2D eigenvalue weighted by Gasteiger charge is -2.26. The summed E-state index contributed by atoms with van der Waals surface area (Å²) in [7, 11) is 1.25. The Hall–Kier alpha value is -2.41. The summed E-state index contributed by atoms with van der Waals surface area (Å²) in [6, 6.07) is 4.54. The van der Waals surface area contributed by atoms with Crippen LogP contribution >= 0.6 is 0 Å². The van der Waals surface area contributed by atoms with Gasteiger partial charge in [0.05, 0.1) is 18.1 Å². The molecule has 1 aromatic carbocycles. The lowest BCUT2D eigenvalue weighted by atomic mass is 9.89. The number of rotatable bonds is 6. The minimum atomic E-state index is -0.652. The van der Waals surface area contributed by atoms with E-state index in [9.17, 15) is 20.0 Å². The Bertz CT molecular complexity index is 605. The third-order valence-corrected chi connectivity index (χ3v) is 3.32. The first-order valence-electron chi connectivity index (χ1n) is 7.11. The van der Waals surface area contributed by atoms with Crippen LogP contribution in [0.2, 0.25) is 0 Å². The molecule has 0 aromatic heterocycles. The van der Waals surface area contributed by atoms with Crippen LogP contribution in [0.3, 0.4) is 0 Å². The van der Waals surface area contributed by atoms with Crippen LogP contribution in [-0.4, -0.2) is 35.8 Å². The van der Waals surface area contributed by atoms with Crippen molar-refractivity contribution in [2.75, 3.05) is 19.0 Å². The van der Waals surface area contributed by atoms with Crippen LogP contribution in [0.25, 0.3) is 6.08 Å². The van der Waals surface area contributed by atoms with Gasteiger partial charge in [0.25, 0.3) is 5.69 Å². The summed E-state index contributed by atoms with van der Waals surface area (Å²) in [5.74, 6) is -0.539. The monoisotopic (exact) mass is 322 g/mol. The van der Waals surface area contributed by atoms with E-state index in [0.717, 1.165) is 0 Å². The van der Waals surface area contributed by atoms with E-state index in [2.05, 4.69) is 10.1 Å². The van der Waals surface area contributed by atoms with Crippen molar-refractivity contribution < 1.29 is 19.6 Å². The first kappa shape index (κ1) is 18.6. The van der Waals surface area contributed by atoms with Crippen molar-refractivity contribution in [2.24, 2.45) is 5.41 Å². The zero-order valence-electron chi connectivity index (χ0n) is 13.7. The summed E-state index contributed by atoms with van der Waals surface area (Å²) in [6.07, 6.45) is 1.98. The van der Waals surface area contributed by atoms with Crippen molar-refractivity contribution in [3.8, 4) is 0 Å². The number of benzene rings is 1. The van der Waals surface area contributed by atoms with Crippen LogP contribution in [-0.2, 0) is 9.53 Å². The fraction of sp³-hybridized carbons (Fsp3) is 0.438. The minimum absolute atomic E-state index is 0.127. The topological polar surface area (TPSA) is 102 Å². The molecule has 0 aliphatic carbocycles. The standard InChI is InChI=1S/C16H22N2O5/c1-16(2,3)14(19)10-17-12-7-5-11(6-8-15(20)23-4)9-13(12)18(21)22/h5-9,14,17,19H,10H2,1-4H3/b8-6+. The maximum atomic E-state index is 11.2. The number of ether oxygens (including phenoxy) is 1. The predicted octanol–water partition coefficient (Wildman–Crippen LogP) is 2.60. The first-order valence-corrected chi connectivity index (χ1v) is 7.11. The summed E-state index contributed by atoms with van der Waals surface area (Å²) in [5.41, 5.74) is 0.362. The molecule has 1 aromatic rings. The number of esters is 1. The molecule has 1 rings (SSSR count). The molecule has 1 unspecified atom stereocenters. The van der Waals surface area contributed by atoms with Gasteiger partial charge in [-0.2, -0.15) is 0 Å². The Labute approximate surface area is 135 Å². The fourth-order valence-corrected chi connectivity index (χ4v) is 1.70. The summed E-state index contributed by atoms with van der Waals surface area (Å²) < 4.78 is 4.47. The molecular weight excluding hydrogens is 300 g/mol. The van der Waals surface area contributed by atoms with Crippen molar-refractivity contribution in [3.05, 3.63) is 40.0 Å². The smallest absolute Gasteiger partial charge is 0.330 e. The van der Waals surface area contributed by atoms with Gasteiger partial charge >= 0.3 is 5.97 Å². The van der Waals surface area contributed by atoms with E-state index in [0.29, 0.717) is 11.3 Å². The number of nitro groups is 1. The summed E-state index contributed by atoms with van der Waals surface area (Å²) >= 11 is 0. The van der Waals surface area contributed by atoms with Crippen LogP contribution in [0.4, 0.5) is 11.4 Å². The van der Waals surface area contributed by atoms with E-state index >= 15 is 0 Å². The van der Waals surface area contributed by atoms with E-state index in [4.69, 9.17) is 0 Å². The number of nitrogens with one attached hydrogen (secondary N) is 1. The van der Waals surface area contributed by atoms with Crippen molar-refractivity contribution in [3.63, 3.8) is 0 Å². The van der Waals surface area contributed by atoms with Crippen molar-refractivity contribution in [2.45, 2.75) is 26.9 Å². The van der Waals surface area contributed by atoms with Gasteiger partial charge < -0.3 is 15.2 Å². The van der Waals surface area contributed by atoms with Gasteiger partial charge in [0.2, 0.25) is 0 Å². The molecule has 0 bridgehead atoms. The van der Waals surface area contributed by atoms with Gasteiger partial charge in [0.1, 0.15) is 5.69 Å². The molecule has 7 nitrogen and oxygen atoms in total. The average Bonchev–Trinajstić information content (AvgIpc) is 2.49. The normalized spacial score (nSPS) is 12.9. The summed E-state index contributed by atoms with van der Waals surface area (Å²) in [5, 5.41) is 24.1. The third-order valence-electron chi connectivity index (χ3n) is 3.32. The van der Waals surface area contributed by atoms with Crippen molar-refractivity contribution in [1.82, 2.24) is 0 Å². The molecule has 0 amide bonds. The number of carbonyl (C=O) groups is 1. The number of aliphatic hydroxyl groups is 1. The number of hydrogen-bond acceptors (Lipinski definition) is 6. The zero-order chi connectivity index (χ0) is 17.6. The Morgan fingerprint density at radius 2 is 2.13 bits per heavy atom. The summed E-state index contributed by atoms with van der Waals surface area (Å²) in [6.45, 7) is 5.85. The molecule has 126 valence electrons. The number of nitrogens with zero attached hydrogens (tertiary/aromatic N) is 1. The number of carbonyl (C=O) groups excluding carboxylic acids is 1. The number of anilines is 1. The second kappa shape index (κ2) is 7.73. The van der Waals surface area contributed by atoms with Crippen LogP contribution in [0, 0.1) is 15.5 Å². The predicted molar refractivity (Wildman–Crippen MR) is 88.1 cm³/mol. The molecule has 0 radical (unpaired) electrons. The maximum absolute atomic E-state index is 11.2. The maximum Gasteiger partial charge on any atom is 0.330 e. The van der Waals surface area contributed by atoms with Gasteiger partial charge in [-0.25, -0.2) is 4.79 Å². The molecule has 0 saturated carbocycles. The lowest BCUT2D eigenvalue weighted by Crippen LogP contribution is -2.32. The first-order chi connectivity index (χ1) is 10.6. The highest BCUT2D eigenvalue weighted by atomic mass is 16.6. The number of hydrogen-bond donors (Lipinski definition) is 2. The van der Waals surface area contributed by atoms with E-state index in [1.165, 1.54) is 25.3 Å². The summed E-state index contributed by atoms with van der Waals surface area (Å²) in [4.78, 5) is 21.7. The fourth-order valence-electron chi connectivity index (χ4n) is 1.70. The molecule has 0 heterocycles. The van der Waals surface area contributed by atoms with Crippen LogP contribution in [0.15, 0.2) is 24.3 Å². The van der Waals surface area contributed by atoms with Gasteiger partial charge in [-0.05, 0) is 23.1 Å². The second-order valence-electron chi connectivity index (χ2n) is 6.15. The van der Waals surface area contributed by atoms with Crippen LogP contribution < -0.4 is 5.32 Å². The van der Waals surface area contributed by atoms with Crippen LogP contribution in [0.1, 0.15) is 26.3 Å². The third kappa shape index (κ3) is 5.71. The largest absolute Gasteiger partial charge is 0.466 e. The van der Waals surface area contributed by atoms with Gasteiger partial charge in [-0.3, -0.25) is 10.1 Å². The van der Waals surface area contributed by atoms with Crippen molar-refractivity contribution in [1.29, 1.82) is 0 Å². The Morgan fingerprint density at radius 1 is 1.48 bits per heavy atom. The Morgan fingerprint density at radius 3 is 2.65 bits per heavy atom. The highest BCUT2D eigenvalue weighted by molar-refractivity contribution is 5.87. The Kier molecular flexibility index (Phi) is 6.27. The number of aliphatic hydroxyl groups excluding tert-OH is 1. The molecule has 0 spiro atoms.